The highest BCUT2D eigenvalue weighted by Crippen LogP contribution is 2.24. The first-order valence-electron chi connectivity index (χ1n) is 8.60. The monoisotopic (exact) mass is 396 g/mol. The molecule has 0 bridgehead atoms. The van der Waals surface area contributed by atoms with Gasteiger partial charge in [0.1, 0.15) is 10.7 Å². The highest BCUT2D eigenvalue weighted by molar-refractivity contribution is 7.89. The minimum absolute atomic E-state index is 0.182. The van der Waals surface area contributed by atoms with Crippen LogP contribution in [-0.4, -0.2) is 43.8 Å². The van der Waals surface area contributed by atoms with Crippen molar-refractivity contribution < 1.29 is 12.8 Å². The summed E-state index contributed by atoms with van der Waals surface area (Å²) in [5.41, 5.74) is 2.47. The van der Waals surface area contributed by atoms with E-state index in [1.165, 1.54) is 27.6 Å². The van der Waals surface area contributed by atoms with Crippen LogP contribution in [0.3, 0.4) is 0 Å². The number of halogens is 2. The summed E-state index contributed by atoms with van der Waals surface area (Å²) in [4.78, 5) is 1.94. The second-order valence-corrected chi connectivity index (χ2v) is 8.88. The van der Waals surface area contributed by atoms with Crippen molar-refractivity contribution in [3.05, 3.63) is 64.4 Å². The van der Waals surface area contributed by atoms with Gasteiger partial charge >= 0.3 is 0 Å². The maximum atomic E-state index is 14.1. The second-order valence-electron chi connectivity index (χ2n) is 6.54. The molecule has 2 aromatic carbocycles. The first-order valence-corrected chi connectivity index (χ1v) is 10.4. The zero-order valence-corrected chi connectivity index (χ0v) is 16.2. The topological polar surface area (TPSA) is 40.6 Å². The largest absolute Gasteiger partial charge is 0.298 e. The van der Waals surface area contributed by atoms with Crippen LogP contribution < -0.4 is 0 Å². The molecule has 2 aromatic rings. The van der Waals surface area contributed by atoms with Gasteiger partial charge in [0.15, 0.2) is 0 Å². The fraction of sp³-hybridized carbons (Fsp3) is 0.368. The Morgan fingerprint density at radius 3 is 2.58 bits per heavy atom. The second kappa shape index (κ2) is 8.05. The standard InChI is InChI=1S/C19H22ClFN2O2S/c1-15-5-2-3-6-16(15)14-22-9-4-10-23(12-11-22)26(24,25)19-8-7-17(20)13-18(19)21/h2-3,5-8,13H,4,9-12,14H2,1H3. The molecule has 0 saturated carbocycles. The van der Waals surface area contributed by atoms with Crippen molar-refractivity contribution in [2.45, 2.75) is 24.8 Å². The molecule has 1 fully saturated rings. The number of benzene rings is 2. The molecule has 0 aromatic heterocycles. The van der Waals surface area contributed by atoms with Crippen LogP contribution >= 0.6 is 11.6 Å². The maximum absolute atomic E-state index is 14.1. The minimum Gasteiger partial charge on any atom is -0.298 e. The number of sulfonamides is 1. The summed E-state index contributed by atoms with van der Waals surface area (Å²) in [6, 6.07) is 11.9. The molecule has 3 rings (SSSR count). The third-order valence-electron chi connectivity index (χ3n) is 4.71. The van der Waals surface area contributed by atoms with E-state index in [1.54, 1.807) is 0 Å². The molecule has 0 amide bonds. The molecule has 1 heterocycles. The van der Waals surface area contributed by atoms with E-state index in [-0.39, 0.29) is 9.92 Å². The normalized spacial score (nSPS) is 17.2. The van der Waals surface area contributed by atoms with E-state index < -0.39 is 15.8 Å². The van der Waals surface area contributed by atoms with Crippen molar-refractivity contribution in [1.82, 2.24) is 9.21 Å². The lowest BCUT2D eigenvalue weighted by Crippen LogP contribution is -2.35. The molecular formula is C19H22ClFN2O2S. The lowest BCUT2D eigenvalue weighted by atomic mass is 10.1. The lowest BCUT2D eigenvalue weighted by Gasteiger charge is -2.22. The van der Waals surface area contributed by atoms with Gasteiger partial charge in [-0.25, -0.2) is 12.8 Å². The van der Waals surface area contributed by atoms with Crippen LogP contribution in [0.5, 0.6) is 0 Å². The maximum Gasteiger partial charge on any atom is 0.246 e. The molecule has 0 radical (unpaired) electrons. The van der Waals surface area contributed by atoms with Crippen LogP contribution in [0.25, 0.3) is 0 Å². The van der Waals surface area contributed by atoms with Crippen molar-refractivity contribution in [2.75, 3.05) is 26.2 Å². The van der Waals surface area contributed by atoms with Crippen LogP contribution in [0.15, 0.2) is 47.4 Å². The Labute approximate surface area is 159 Å². The predicted molar refractivity (Wildman–Crippen MR) is 101 cm³/mol. The van der Waals surface area contributed by atoms with Gasteiger partial charge in [0.05, 0.1) is 0 Å². The predicted octanol–water partition coefficient (Wildman–Crippen LogP) is 3.68. The Balaban J connectivity index is 1.72. The van der Waals surface area contributed by atoms with Gasteiger partial charge in [0.25, 0.3) is 0 Å². The summed E-state index contributed by atoms with van der Waals surface area (Å²) in [5, 5.41) is 0.182. The Kier molecular flexibility index (Phi) is 5.97. The highest BCUT2D eigenvalue weighted by atomic mass is 35.5. The van der Waals surface area contributed by atoms with Crippen molar-refractivity contribution in [3.63, 3.8) is 0 Å². The molecule has 7 heteroatoms. The number of hydrogen-bond acceptors (Lipinski definition) is 3. The van der Waals surface area contributed by atoms with Gasteiger partial charge in [-0.2, -0.15) is 4.31 Å². The molecule has 4 nitrogen and oxygen atoms in total. The van der Waals surface area contributed by atoms with E-state index in [4.69, 9.17) is 11.6 Å². The van der Waals surface area contributed by atoms with Crippen molar-refractivity contribution in [2.24, 2.45) is 0 Å². The number of rotatable bonds is 4. The average Bonchev–Trinajstić information content (AvgIpc) is 2.83. The summed E-state index contributed by atoms with van der Waals surface area (Å²) in [6.07, 6.45) is 0.709. The van der Waals surface area contributed by atoms with E-state index >= 15 is 0 Å². The van der Waals surface area contributed by atoms with Crippen LogP contribution in [0.1, 0.15) is 17.5 Å². The fourth-order valence-electron chi connectivity index (χ4n) is 3.20. The molecule has 1 aliphatic rings. The van der Waals surface area contributed by atoms with E-state index in [1.807, 2.05) is 12.1 Å². The molecule has 1 aliphatic heterocycles. The van der Waals surface area contributed by atoms with Gasteiger partial charge in [0, 0.05) is 31.2 Å². The van der Waals surface area contributed by atoms with Gasteiger partial charge in [-0.3, -0.25) is 4.90 Å². The molecule has 0 N–H and O–H groups in total. The zero-order chi connectivity index (χ0) is 18.7. The van der Waals surface area contributed by atoms with Gasteiger partial charge in [-0.15, -0.1) is 0 Å². The van der Waals surface area contributed by atoms with Gasteiger partial charge < -0.3 is 0 Å². The zero-order valence-electron chi connectivity index (χ0n) is 14.7. The quantitative estimate of drug-likeness (QED) is 0.791. The summed E-state index contributed by atoms with van der Waals surface area (Å²) < 4.78 is 41.1. The molecule has 140 valence electrons. The van der Waals surface area contributed by atoms with Gasteiger partial charge in [-0.1, -0.05) is 35.9 Å². The Bertz CT molecular complexity index is 889. The number of hydrogen-bond donors (Lipinski definition) is 0. The number of aryl methyl sites for hydroxylation is 1. The Morgan fingerprint density at radius 1 is 1.08 bits per heavy atom. The molecule has 0 spiro atoms. The molecule has 1 saturated heterocycles. The Morgan fingerprint density at radius 2 is 1.85 bits per heavy atom. The first kappa shape index (κ1) is 19.3. The van der Waals surface area contributed by atoms with Gasteiger partial charge in [0.2, 0.25) is 10.0 Å². The van der Waals surface area contributed by atoms with E-state index in [2.05, 4.69) is 24.0 Å². The summed E-state index contributed by atoms with van der Waals surface area (Å²) in [6.45, 7) is 5.01. The number of nitrogens with zero attached hydrogens (tertiary/aromatic N) is 2. The molecule has 26 heavy (non-hydrogen) atoms. The fourth-order valence-corrected chi connectivity index (χ4v) is 4.87. The van der Waals surface area contributed by atoms with E-state index in [9.17, 15) is 12.8 Å². The van der Waals surface area contributed by atoms with E-state index in [0.717, 1.165) is 19.2 Å². The average molecular weight is 397 g/mol. The summed E-state index contributed by atoms with van der Waals surface area (Å²) >= 11 is 5.73. The third kappa shape index (κ3) is 4.26. The van der Waals surface area contributed by atoms with E-state index in [0.29, 0.717) is 26.1 Å². The van der Waals surface area contributed by atoms with Crippen molar-refractivity contribution in [3.8, 4) is 0 Å². The molecule has 0 aliphatic carbocycles. The Hall–Kier alpha value is -1.47. The lowest BCUT2D eigenvalue weighted by molar-refractivity contribution is 0.278. The van der Waals surface area contributed by atoms with Gasteiger partial charge in [-0.05, 0) is 49.2 Å². The highest BCUT2D eigenvalue weighted by Gasteiger charge is 2.29. The summed E-state index contributed by atoms with van der Waals surface area (Å²) in [7, 11) is -3.86. The molecule has 0 atom stereocenters. The van der Waals surface area contributed by atoms with Crippen LogP contribution in [0.2, 0.25) is 5.02 Å². The van der Waals surface area contributed by atoms with Crippen LogP contribution in [0.4, 0.5) is 4.39 Å². The summed E-state index contributed by atoms with van der Waals surface area (Å²) in [5.74, 6) is -0.807. The molecule has 0 unspecified atom stereocenters. The SMILES string of the molecule is Cc1ccccc1CN1CCCN(S(=O)(=O)c2ccc(Cl)cc2F)CC1. The third-order valence-corrected chi connectivity index (χ3v) is 6.88. The molecular weight excluding hydrogens is 375 g/mol. The van der Waals surface area contributed by atoms with Crippen molar-refractivity contribution >= 4 is 21.6 Å². The van der Waals surface area contributed by atoms with Crippen LogP contribution in [-0.2, 0) is 16.6 Å². The first-order chi connectivity index (χ1) is 12.4. The van der Waals surface area contributed by atoms with Crippen LogP contribution in [0, 0.1) is 12.7 Å². The van der Waals surface area contributed by atoms with Crippen molar-refractivity contribution in [1.29, 1.82) is 0 Å². The smallest absolute Gasteiger partial charge is 0.246 e. The minimum atomic E-state index is -3.86.